The molecule has 1 fully saturated rings. The van der Waals surface area contributed by atoms with Crippen LogP contribution >= 0.6 is 0 Å². The van der Waals surface area contributed by atoms with Gasteiger partial charge in [-0.05, 0) is 40.3 Å². The predicted molar refractivity (Wildman–Crippen MR) is 95.5 cm³/mol. The van der Waals surface area contributed by atoms with E-state index in [2.05, 4.69) is 5.32 Å². The van der Waals surface area contributed by atoms with Crippen LogP contribution in [0.1, 0.15) is 0 Å². The fraction of sp³-hybridized carbons (Fsp3) is 0.263. The number of halogens is 1. The lowest BCUT2D eigenvalue weighted by Crippen LogP contribution is -2.48. The fourth-order valence-corrected chi connectivity index (χ4v) is 3.14. The van der Waals surface area contributed by atoms with E-state index in [1.807, 2.05) is 24.3 Å². The molecule has 0 saturated carbocycles. The van der Waals surface area contributed by atoms with Crippen LogP contribution in [0.2, 0.25) is 0 Å². The molecule has 2 heterocycles. The summed E-state index contributed by atoms with van der Waals surface area (Å²) < 4.78 is 24.5. The second-order valence-electron chi connectivity index (χ2n) is 6.51. The van der Waals surface area contributed by atoms with Crippen molar-refractivity contribution in [2.24, 2.45) is 5.92 Å². The van der Waals surface area contributed by atoms with E-state index in [9.17, 15) is 14.5 Å². The minimum atomic E-state index is -0.475. The Labute approximate surface area is 155 Å². The maximum atomic E-state index is 13.0. The minimum Gasteiger partial charge on any atom is -0.493 e. The molecule has 140 valence electrons. The van der Waals surface area contributed by atoms with Gasteiger partial charge < -0.3 is 24.5 Å². The molecule has 0 spiro atoms. The van der Waals surface area contributed by atoms with Crippen molar-refractivity contribution in [2.75, 3.05) is 19.8 Å². The van der Waals surface area contributed by atoms with E-state index in [1.54, 1.807) is 17.0 Å². The molecule has 2 atom stereocenters. The third-order valence-electron chi connectivity index (χ3n) is 4.53. The molecular formula is C19H18FN3O4. The van der Waals surface area contributed by atoms with E-state index in [-0.39, 0.29) is 17.6 Å². The number of nitrogens with zero attached hydrogens (tertiary/aromatic N) is 2. The largest absolute Gasteiger partial charge is 0.493 e. The number of ether oxygens (including phenoxy) is 2. The Bertz CT molecular complexity index is 854. The zero-order valence-corrected chi connectivity index (χ0v) is 14.4. The molecular weight excluding hydrogens is 353 g/mol. The molecule has 2 aliphatic heterocycles. The highest BCUT2D eigenvalue weighted by Gasteiger charge is 2.37. The number of hydrogen-bond donors (Lipinski definition) is 1. The smallest absolute Gasteiger partial charge is 0.335 e. The van der Waals surface area contributed by atoms with Crippen molar-refractivity contribution < 1.29 is 18.8 Å². The predicted octanol–water partition coefficient (Wildman–Crippen LogP) is 2.78. The Morgan fingerprint density at radius 3 is 2.52 bits per heavy atom. The van der Waals surface area contributed by atoms with Crippen LogP contribution in [0.15, 0.2) is 60.6 Å². The van der Waals surface area contributed by atoms with Gasteiger partial charge in [-0.25, -0.2) is 9.71 Å². The van der Waals surface area contributed by atoms with Gasteiger partial charge in [-0.2, -0.15) is 0 Å². The second-order valence-corrected chi connectivity index (χ2v) is 6.51. The first kappa shape index (κ1) is 17.3. The minimum absolute atomic E-state index is 0.0575. The monoisotopic (exact) mass is 371 g/mol. The van der Waals surface area contributed by atoms with Gasteiger partial charge in [0.1, 0.15) is 11.6 Å². The first-order chi connectivity index (χ1) is 13.1. The van der Waals surface area contributed by atoms with Crippen LogP contribution < -0.4 is 10.1 Å². The van der Waals surface area contributed by atoms with E-state index in [0.29, 0.717) is 19.8 Å². The van der Waals surface area contributed by atoms with Gasteiger partial charge in [0, 0.05) is 12.5 Å². The van der Waals surface area contributed by atoms with Crippen LogP contribution in [-0.2, 0) is 4.74 Å². The first-order valence-corrected chi connectivity index (χ1v) is 8.57. The number of benzene rings is 2. The lowest BCUT2D eigenvalue weighted by Gasteiger charge is -2.32. The van der Waals surface area contributed by atoms with Crippen molar-refractivity contribution in [3.63, 3.8) is 0 Å². The van der Waals surface area contributed by atoms with E-state index < -0.39 is 11.3 Å². The SMILES string of the molecule is O=[N+]([O-])C1=CN2CC(COc3ccc(-c4ccc(F)cc4)cc3)COC2N1. The Hall–Kier alpha value is -3.13. The Kier molecular flexibility index (Phi) is 4.64. The van der Waals surface area contributed by atoms with Crippen LogP contribution in [-0.4, -0.2) is 35.9 Å². The molecule has 0 radical (unpaired) electrons. The van der Waals surface area contributed by atoms with E-state index in [1.165, 1.54) is 18.3 Å². The molecule has 0 aromatic heterocycles. The van der Waals surface area contributed by atoms with Crippen molar-refractivity contribution in [1.82, 2.24) is 10.2 Å². The molecule has 8 heteroatoms. The number of hydrogen-bond acceptors (Lipinski definition) is 6. The van der Waals surface area contributed by atoms with Crippen molar-refractivity contribution in [2.45, 2.75) is 6.35 Å². The van der Waals surface area contributed by atoms with Gasteiger partial charge in [0.05, 0.1) is 19.4 Å². The summed E-state index contributed by atoms with van der Waals surface area (Å²) in [7, 11) is 0. The molecule has 2 unspecified atom stereocenters. The maximum absolute atomic E-state index is 13.0. The number of nitro groups is 1. The molecule has 4 rings (SSSR count). The second kappa shape index (κ2) is 7.24. The first-order valence-electron chi connectivity index (χ1n) is 8.57. The molecule has 1 saturated heterocycles. The lowest BCUT2D eigenvalue weighted by molar-refractivity contribution is -0.432. The van der Waals surface area contributed by atoms with Crippen molar-refractivity contribution in [3.8, 4) is 16.9 Å². The Morgan fingerprint density at radius 2 is 1.85 bits per heavy atom. The molecule has 2 aliphatic rings. The van der Waals surface area contributed by atoms with Gasteiger partial charge in [-0.1, -0.05) is 24.3 Å². The van der Waals surface area contributed by atoms with E-state index in [0.717, 1.165) is 16.9 Å². The Balaban J connectivity index is 1.33. The number of nitrogens with one attached hydrogen (secondary N) is 1. The summed E-state index contributed by atoms with van der Waals surface area (Å²) in [5.41, 5.74) is 1.91. The summed E-state index contributed by atoms with van der Waals surface area (Å²) in [5.74, 6) is 0.508. The summed E-state index contributed by atoms with van der Waals surface area (Å²) in [6.45, 7) is 1.52. The third kappa shape index (κ3) is 3.85. The van der Waals surface area contributed by atoms with Gasteiger partial charge in [0.15, 0.2) is 0 Å². The van der Waals surface area contributed by atoms with Crippen LogP contribution in [0.4, 0.5) is 4.39 Å². The lowest BCUT2D eigenvalue weighted by atomic mass is 10.1. The van der Waals surface area contributed by atoms with Gasteiger partial charge >= 0.3 is 5.82 Å². The van der Waals surface area contributed by atoms with E-state index >= 15 is 0 Å². The van der Waals surface area contributed by atoms with Crippen LogP contribution in [0.25, 0.3) is 11.1 Å². The van der Waals surface area contributed by atoms with Gasteiger partial charge in [0.2, 0.25) is 0 Å². The Morgan fingerprint density at radius 1 is 1.19 bits per heavy atom. The topological polar surface area (TPSA) is 76.9 Å². The molecule has 0 aliphatic carbocycles. The molecule has 0 bridgehead atoms. The maximum Gasteiger partial charge on any atom is 0.335 e. The van der Waals surface area contributed by atoms with Gasteiger partial charge in [-0.3, -0.25) is 0 Å². The summed E-state index contributed by atoms with van der Waals surface area (Å²) in [5, 5.41) is 13.5. The molecule has 0 amide bonds. The summed E-state index contributed by atoms with van der Waals surface area (Å²) in [6, 6.07) is 13.9. The summed E-state index contributed by atoms with van der Waals surface area (Å²) in [4.78, 5) is 12.1. The van der Waals surface area contributed by atoms with Crippen LogP contribution in [0, 0.1) is 21.8 Å². The third-order valence-corrected chi connectivity index (χ3v) is 4.53. The summed E-state index contributed by atoms with van der Waals surface area (Å²) >= 11 is 0. The number of rotatable bonds is 5. The number of fused-ring (bicyclic) bond motifs is 1. The van der Waals surface area contributed by atoms with Crippen molar-refractivity contribution in [1.29, 1.82) is 0 Å². The highest BCUT2D eigenvalue weighted by atomic mass is 19.1. The highest BCUT2D eigenvalue weighted by molar-refractivity contribution is 5.63. The van der Waals surface area contributed by atoms with Crippen LogP contribution in [0.5, 0.6) is 5.75 Å². The molecule has 27 heavy (non-hydrogen) atoms. The average molecular weight is 371 g/mol. The normalized spacial score (nSPS) is 21.2. The zero-order valence-electron chi connectivity index (χ0n) is 14.4. The molecule has 2 aromatic rings. The summed E-state index contributed by atoms with van der Waals surface area (Å²) in [6.07, 6.45) is 0.991. The quantitative estimate of drug-likeness (QED) is 0.643. The standard InChI is InChI=1S/C19H18FN3O4/c20-16-5-1-14(2-6-16)15-3-7-17(8-4-15)26-11-13-9-22-10-18(23(24)25)21-19(22)27-12-13/h1-8,10,13,19,21H,9,11-12H2. The van der Waals surface area contributed by atoms with E-state index in [4.69, 9.17) is 9.47 Å². The average Bonchev–Trinajstić information content (AvgIpc) is 3.11. The van der Waals surface area contributed by atoms with Crippen LogP contribution in [0.3, 0.4) is 0 Å². The highest BCUT2D eigenvalue weighted by Crippen LogP contribution is 2.24. The molecule has 2 aromatic carbocycles. The van der Waals surface area contributed by atoms with Gasteiger partial charge in [0.25, 0.3) is 6.35 Å². The van der Waals surface area contributed by atoms with Gasteiger partial charge in [-0.15, -0.1) is 0 Å². The zero-order chi connectivity index (χ0) is 18.8. The van der Waals surface area contributed by atoms with Crippen molar-refractivity contribution in [3.05, 3.63) is 76.5 Å². The molecule has 1 N–H and O–H groups in total. The molecule has 7 nitrogen and oxygen atoms in total. The van der Waals surface area contributed by atoms with Crippen molar-refractivity contribution >= 4 is 0 Å². The fourth-order valence-electron chi connectivity index (χ4n) is 3.14.